The normalized spacial score (nSPS) is 22.6. The van der Waals surface area contributed by atoms with Crippen molar-refractivity contribution in [3.05, 3.63) is 30.1 Å². The van der Waals surface area contributed by atoms with E-state index in [9.17, 15) is 14.0 Å². The standard InChI is InChI=1S/C11H10FNO3/c12-8-3-1-2-4-9(8)13-10(14)6-5-7(6)11(15)16/h1-4,6-7H,5H2,(H,13,14)(H,15,16)/t6-,7+/m1/s1. The van der Waals surface area contributed by atoms with E-state index in [0.717, 1.165) is 0 Å². The predicted molar refractivity (Wildman–Crippen MR) is 54.3 cm³/mol. The molecule has 1 aromatic rings. The number of carbonyl (C=O) groups is 2. The molecule has 5 heteroatoms. The fraction of sp³-hybridized carbons (Fsp3) is 0.273. The zero-order chi connectivity index (χ0) is 11.7. The van der Waals surface area contributed by atoms with E-state index in [2.05, 4.69) is 5.32 Å². The van der Waals surface area contributed by atoms with Gasteiger partial charge in [0.05, 0.1) is 17.5 Å². The number of nitrogens with one attached hydrogen (secondary N) is 1. The fourth-order valence-electron chi connectivity index (χ4n) is 1.55. The van der Waals surface area contributed by atoms with E-state index in [-0.39, 0.29) is 5.69 Å². The Hall–Kier alpha value is -1.91. The average molecular weight is 223 g/mol. The molecule has 2 atom stereocenters. The predicted octanol–water partition coefficient (Wildman–Crippen LogP) is 1.48. The molecule has 2 rings (SSSR count). The van der Waals surface area contributed by atoms with Crippen LogP contribution in [0.2, 0.25) is 0 Å². The third-order valence-corrected chi connectivity index (χ3v) is 2.58. The van der Waals surface area contributed by atoms with Gasteiger partial charge in [-0.1, -0.05) is 12.1 Å². The number of carboxylic acids is 1. The van der Waals surface area contributed by atoms with Crippen LogP contribution in [0.4, 0.5) is 10.1 Å². The maximum absolute atomic E-state index is 13.2. The van der Waals surface area contributed by atoms with Crippen LogP contribution in [-0.2, 0) is 9.59 Å². The van der Waals surface area contributed by atoms with E-state index in [1.807, 2.05) is 0 Å². The van der Waals surface area contributed by atoms with E-state index in [1.54, 1.807) is 6.07 Å². The highest BCUT2D eigenvalue weighted by Crippen LogP contribution is 2.39. The molecule has 0 bridgehead atoms. The highest BCUT2D eigenvalue weighted by Gasteiger charge is 2.48. The maximum Gasteiger partial charge on any atom is 0.307 e. The van der Waals surface area contributed by atoms with Gasteiger partial charge in [0, 0.05) is 0 Å². The van der Waals surface area contributed by atoms with Crippen LogP contribution >= 0.6 is 0 Å². The number of rotatable bonds is 3. The summed E-state index contributed by atoms with van der Waals surface area (Å²) in [6.45, 7) is 0. The van der Waals surface area contributed by atoms with Crippen molar-refractivity contribution in [1.82, 2.24) is 0 Å². The highest BCUT2D eigenvalue weighted by atomic mass is 19.1. The molecule has 1 aliphatic carbocycles. The molecule has 0 saturated heterocycles. The minimum atomic E-state index is -0.978. The second kappa shape index (κ2) is 3.92. The third kappa shape index (κ3) is 2.03. The first-order valence-electron chi connectivity index (χ1n) is 4.88. The SMILES string of the molecule is O=C(O)[C@H]1C[C@H]1C(=O)Nc1ccccc1F. The molecule has 16 heavy (non-hydrogen) atoms. The molecule has 0 heterocycles. The Morgan fingerprint density at radius 2 is 2.00 bits per heavy atom. The minimum Gasteiger partial charge on any atom is -0.481 e. The molecule has 2 N–H and O–H groups in total. The number of halogens is 1. The average Bonchev–Trinajstić information content (AvgIpc) is 3.01. The van der Waals surface area contributed by atoms with Gasteiger partial charge in [-0.15, -0.1) is 0 Å². The number of carboxylic acid groups (broad SMARTS) is 1. The molecule has 1 aromatic carbocycles. The summed E-state index contributed by atoms with van der Waals surface area (Å²) in [6.07, 6.45) is 0.329. The van der Waals surface area contributed by atoms with Crippen molar-refractivity contribution in [3.8, 4) is 0 Å². The summed E-state index contributed by atoms with van der Waals surface area (Å²) in [5.74, 6) is -3.08. The minimum absolute atomic E-state index is 0.0866. The summed E-state index contributed by atoms with van der Waals surface area (Å²) < 4.78 is 13.2. The van der Waals surface area contributed by atoms with E-state index >= 15 is 0 Å². The van der Waals surface area contributed by atoms with Gasteiger partial charge in [-0.05, 0) is 18.6 Å². The number of benzene rings is 1. The van der Waals surface area contributed by atoms with Crippen LogP contribution in [0.25, 0.3) is 0 Å². The van der Waals surface area contributed by atoms with Gasteiger partial charge in [0.15, 0.2) is 0 Å². The van der Waals surface area contributed by atoms with Gasteiger partial charge in [-0.25, -0.2) is 4.39 Å². The first-order chi connectivity index (χ1) is 7.59. The van der Waals surface area contributed by atoms with Crippen LogP contribution in [0.1, 0.15) is 6.42 Å². The molecule has 1 aliphatic rings. The zero-order valence-corrected chi connectivity index (χ0v) is 8.31. The highest BCUT2D eigenvalue weighted by molar-refractivity contribution is 5.98. The van der Waals surface area contributed by atoms with Crippen LogP contribution in [-0.4, -0.2) is 17.0 Å². The molecule has 1 amide bonds. The lowest BCUT2D eigenvalue weighted by molar-refractivity contribution is -0.139. The first kappa shape index (κ1) is 10.6. The quantitative estimate of drug-likeness (QED) is 0.815. The summed E-state index contributed by atoms with van der Waals surface area (Å²) in [5, 5.41) is 11.0. The van der Waals surface area contributed by atoms with Crippen molar-refractivity contribution in [2.45, 2.75) is 6.42 Å². The van der Waals surface area contributed by atoms with Crippen LogP contribution < -0.4 is 5.32 Å². The number of amides is 1. The Morgan fingerprint density at radius 3 is 2.56 bits per heavy atom. The van der Waals surface area contributed by atoms with Gasteiger partial charge in [-0.3, -0.25) is 9.59 Å². The van der Waals surface area contributed by atoms with E-state index in [4.69, 9.17) is 5.11 Å². The molecule has 1 saturated carbocycles. The molecule has 0 aromatic heterocycles. The monoisotopic (exact) mass is 223 g/mol. The van der Waals surface area contributed by atoms with E-state index in [0.29, 0.717) is 6.42 Å². The molecule has 0 radical (unpaired) electrons. The Kier molecular flexibility index (Phi) is 2.60. The zero-order valence-electron chi connectivity index (χ0n) is 8.31. The van der Waals surface area contributed by atoms with Crippen LogP contribution in [0, 0.1) is 17.7 Å². The molecule has 1 fully saturated rings. The lowest BCUT2D eigenvalue weighted by Gasteiger charge is -2.04. The number of aliphatic carboxylic acids is 1. The van der Waals surface area contributed by atoms with Crippen molar-refractivity contribution >= 4 is 17.6 Å². The second-order valence-electron chi connectivity index (χ2n) is 3.76. The molecule has 0 unspecified atom stereocenters. The smallest absolute Gasteiger partial charge is 0.307 e. The van der Waals surface area contributed by atoms with Gasteiger partial charge in [0.25, 0.3) is 0 Å². The van der Waals surface area contributed by atoms with Crippen LogP contribution in [0.3, 0.4) is 0 Å². The molecule has 0 spiro atoms. The topological polar surface area (TPSA) is 66.4 Å². The summed E-state index contributed by atoms with van der Waals surface area (Å²) >= 11 is 0. The Bertz CT molecular complexity index is 447. The molecular formula is C11H10FNO3. The summed E-state index contributed by atoms with van der Waals surface area (Å²) in [6, 6.07) is 5.78. The number of anilines is 1. The van der Waals surface area contributed by atoms with Crippen LogP contribution in [0.5, 0.6) is 0 Å². The van der Waals surface area contributed by atoms with Crippen LogP contribution in [0.15, 0.2) is 24.3 Å². The van der Waals surface area contributed by atoms with Gasteiger partial charge < -0.3 is 10.4 Å². The third-order valence-electron chi connectivity index (χ3n) is 2.58. The van der Waals surface area contributed by atoms with Crippen molar-refractivity contribution in [2.24, 2.45) is 11.8 Å². The molecule has 84 valence electrons. The number of para-hydroxylation sites is 1. The van der Waals surface area contributed by atoms with E-state index in [1.165, 1.54) is 18.2 Å². The Morgan fingerprint density at radius 1 is 1.31 bits per heavy atom. The van der Waals surface area contributed by atoms with Gasteiger partial charge >= 0.3 is 5.97 Å². The first-order valence-corrected chi connectivity index (χ1v) is 4.88. The summed E-state index contributed by atoms with van der Waals surface area (Å²) in [4.78, 5) is 22.0. The summed E-state index contributed by atoms with van der Waals surface area (Å²) in [5.41, 5.74) is 0.0866. The maximum atomic E-state index is 13.2. The Labute approximate surface area is 91.1 Å². The number of hydrogen-bond donors (Lipinski definition) is 2. The Balaban J connectivity index is 1.99. The largest absolute Gasteiger partial charge is 0.481 e. The number of hydrogen-bond acceptors (Lipinski definition) is 2. The summed E-state index contributed by atoms with van der Waals surface area (Å²) in [7, 11) is 0. The van der Waals surface area contributed by atoms with Gasteiger partial charge in [0.2, 0.25) is 5.91 Å². The van der Waals surface area contributed by atoms with Crippen molar-refractivity contribution in [2.75, 3.05) is 5.32 Å². The van der Waals surface area contributed by atoms with Crippen molar-refractivity contribution < 1.29 is 19.1 Å². The van der Waals surface area contributed by atoms with Crippen molar-refractivity contribution in [3.63, 3.8) is 0 Å². The lowest BCUT2D eigenvalue weighted by Crippen LogP contribution is -2.17. The van der Waals surface area contributed by atoms with Crippen molar-refractivity contribution in [1.29, 1.82) is 0 Å². The second-order valence-corrected chi connectivity index (χ2v) is 3.76. The fourth-order valence-corrected chi connectivity index (χ4v) is 1.55. The van der Waals surface area contributed by atoms with Gasteiger partial charge in [-0.2, -0.15) is 0 Å². The van der Waals surface area contributed by atoms with Gasteiger partial charge in [0.1, 0.15) is 5.82 Å². The van der Waals surface area contributed by atoms with E-state index < -0.39 is 29.5 Å². The molecule has 0 aliphatic heterocycles. The molecular weight excluding hydrogens is 213 g/mol. The lowest BCUT2D eigenvalue weighted by atomic mass is 10.2. The molecule has 4 nitrogen and oxygen atoms in total. The number of carbonyl (C=O) groups excluding carboxylic acids is 1.